The van der Waals surface area contributed by atoms with Crippen molar-refractivity contribution in [2.45, 2.75) is 0 Å². The van der Waals surface area contributed by atoms with Gasteiger partial charge in [0, 0.05) is 0 Å². The Bertz CT molecular complexity index is 178. The molecule has 0 saturated carbocycles. The van der Waals surface area contributed by atoms with Crippen molar-refractivity contribution < 1.29 is 0 Å². The number of rotatable bonds is 0. The third-order valence-electron chi connectivity index (χ3n) is 0.554. The van der Waals surface area contributed by atoms with Gasteiger partial charge < -0.3 is 0 Å². The molecule has 0 atom stereocenters. The maximum Gasteiger partial charge on any atom is 0.227 e. The molecule has 0 aliphatic carbocycles. The van der Waals surface area contributed by atoms with Crippen molar-refractivity contribution >= 4 is 43.5 Å². The molecule has 0 fully saturated rings. The molecule has 0 aliphatic rings. The fourth-order valence-electron chi connectivity index (χ4n) is 0.303. The second kappa shape index (κ2) is 2.90. The molecule has 0 spiro atoms. The van der Waals surface area contributed by atoms with Crippen molar-refractivity contribution in [1.29, 1.82) is 0 Å². The molecule has 1 heterocycles. The normalized spacial score (nSPS) is 9.67. The van der Waals surface area contributed by atoms with Crippen LogP contribution in [0.4, 0.5) is 0 Å². The summed E-state index contributed by atoms with van der Waals surface area (Å²) in [5.41, 5.74) is 0. The van der Waals surface area contributed by atoms with Crippen LogP contribution < -0.4 is 0 Å². The number of nitrogens with zero attached hydrogens (tertiary/aromatic N) is 3. The lowest BCUT2D eigenvalue weighted by Gasteiger charge is -1.89. The zero-order chi connectivity index (χ0) is 6.85. The first-order valence-corrected chi connectivity index (χ1v) is 3.87. The van der Waals surface area contributed by atoms with Crippen molar-refractivity contribution in [3.63, 3.8) is 0 Å². The van der Waals surface area contributed by atoms with Gasteiger partial charge in [0.15, 0.2) is 0 Å². The van der Waals surface area contributed by atoms with Crippen molar-refractivity contribution in [3.05, 3.63) is 14.8 Å². The third kappa shape index (κ3) is 2.15. The highest BCUT2D eigenvalue weighted by molar-refractivity contribution is 9.11. The minimum absolute atomic E-state index is 0.170. The monoisotopic (exact) mass is 271 g/mol. The van der Waals surface area contributed by atoms with Gasteiger partial charge >= 0.3 is 0 Å². The van der Waals surface area contributed by atoms with Gasteiger partial charge in [-0.05, 0) is 43.5 Å². The highest BCUT2D eigenvalue weighted by Crippen LogP contribution is 2.10. The Hall–Kier alpha value is 0.260. The first-order valence-electron chi connectivity index (χ1n) is 1.91. The number of hydrogen-bond donors (Lipinski definition) is 0. The van der Waals surface area contributed by atoms with Gasteiger partial charge in [-0.3, -0.25) is 0 Å². The van der Waals surface area contributed by atoms with Crippen LogP contribution >= 0.6 is 43.5 Å². The number of halogens is 3. The Morgan fingerprint density at radius 1 is 1.00 bits per heavy atom. The molecule has 48 valence electrons. The Morgan fingerprint density at radius 3 is 1.78 bits per heavy atom. The summed E-state index contributed by atoms with van der Waals surface area (Å²) < 4.78 is 0.851. The minimum Gasteiger partial charge on any atom is -0.195 e. The topological polar surface area (TPSA) is 38.7 Å². The molecule has 0 N–H and O–H groups in total. The van der Waals surface area contributed by atoms with Gasteiger partial charge in [-0.2, -0.15) is 15.0 Å². The second-order valence-electron chi connectivity index (χ2n) is 1.14. The smallest absolute Gasteiger partial charge is 0.195 e. The molecule has 1 aromatic rings. The molecule has 0 aliphatic heterocycles. The minimum atomic E-state index is 0.170. The quantitative estimate of drug-likeness (QED) is 0.726. The summed E-state index contributed by atoms with van der Waals surface area (Å²) in [6, 6.07) is 0. The van der Waals surface area contributed by atoms with Crippen LogP contribution in [0.3, 0.4) is 0 Å². The lowest BCUT2D eigenvalue weighted by Crippen LogP contribution is -1.88. The van der Waals surface area contributed by atoms with Crippen LogP contribution in [0.25, 0.3) is 0 Å². The molecule has 0 bridgehead atoms. The van der Waals surface area contributed by atoms with E-state index < -0.39 is 0 Å². The molecule has 0 amide bonds. The van der Waals surface area contributed by atoms with E-state index in [-0.39, 0.29) is 5.28 Å². The van der Waals surface area contributed by atoms with Gasteiger partial charge in [-0.15, -0.1) is 0 Å². The summed E-state index contributed by atoms with van der Waals surface area (Å²) in [6.07, 6.45) is 0. The molecule has 0 saturated heterocycles. The summed E-state index contributed by atoms with van der Waals surface area (Å²) in [6.45, 7) is 0. The summed E-state index contributed by atoms with van der Waals surface area (Å²) in [4.78, 5) is 11.1. The maximum atomic E-state index is 5.43. The van der Waals surface area contributed by atoms with Crippen LogP contribution in [0.2, 0.25) is 5.28 Å². The van der Waals surface area contributed by atoms with E-state index in [4.69, 9.17) is 11.6 Å². The van der Waals surface area contributed by atoms with Crippen LogP contribution in [0, 0.1) is 0 Å². The Morgan fingerprint density at radius 2 is 1.44 bits per heavy atom. The SMILES string of the molecule is Clc1nc(Br)nc(Br)n1. The third-order valence-corrected chi connectivity index (χ3v) is 1.43. The molecule has 6 heteroatoms. The van der Waals surface area contributed by atoms with Crippen molar-refractivity contribution in [1.82, 2.24) is 15.0 Å². The largest absolute Gasteiger partial charge is 0.227 e. The lowest BCUT2D eigenvalue weighted by atomic mass is 11.1. The lowest BCUT2D eigenvalue weighted by molar-refractivity contribution is 0.975. The molecular weight excluding hydrogens is 273 g/mol. The fourth-order valence-corrected chi connectivity index (χ4v) is 1.58. The van der Waals surface area contributed by atoms with E-state index in [9.17, 15) is 0 Å². The van der Waals surface area contributed by atoms with E-state index >= 15 is 0 Å². The fraction of sp³-hybridized carbons (Fsp3) is 0. The van der Waals surface area contributed by atoms with Gasteiger partial charge in [0.25, 0.3) is 0 Å². The zero-order valence-electron chi connectivity index (χ0n) is 3.98. The molecule has 0 aromatic carbocycles. The van der Waals surface area contributed by atoms with Gasteiger partial charge in [-0.1, -0.05) is 0 Å². The van der Waals surface area contributed by atoms with Crippen molar-refractivity contribution in [3.8, 4) is 0 Å². The number of hydrogen-bond acceptors (Lipinski definition) is 3. The Kier molecular flexibility index (Phi) is 2.37. The van der Waals surface area contributed by atoms with Gasteiger partial charge in [0.05, 0.1) is 0 Å². The summed E-state index contributed by atoms with van der Waals surface area (Å²) in [5.74, 6) is 0. The summed E-state index contributed by atoms with van der Waals surface area (Å²) in [7, 11) is 0. The molecule has 0 unspecified atom stereocenters. The van der Waals surface area contributed by atoms with Crippen molar-refractivity contribution in [2.75, 3.05) is 0 Å². The predicted molar refractivity (Wildman–Crippen MR) is 40.2 cm³/mol. The van der Waals surface area contributed by atoms with E-state index in [1.165, 1.54) is 0 Å². The average Bonchev–Trinajstić information content (AvgIpc) is 1.59. The molecule has 0 radical (unpaired) electrons. The Labute approximate surface area is 73.1 Å². The van der Waals surface area contributed by atoms with Crippen LogP contribution in [-0.4, -0.2) is 15.0 Å². The van der Waals surface area contributed by atoms with Gasteiger partial charge in [0.1, 0.15) is 0 Å². The number of aromatic nitrogens is 3. The van der Waals surface area contributed by atoms with Gasteiger partial charge in [-0.25, -0.2) is 0 Å². The van der Waals surface area contributed by atoms with Crippen LogP contribution in [0.5, 0.6) is 0 Å². The molecular formula is C3Br2ClN3. The highest BCUT2D eigenvalue weighted by atomic mass is 79.9. The first-order chi connectivity index (χ1) is 4.18. The van der Waals surface area contributed by atoms with E-state index in [0.717, 1.165) is 0 Å². The molecule has 3 nitrogen and oxygen atoms in total. The first kappa shape index (κ1) is 7.37. The molecule has 9 heavy (non-hydrogen) atoms. The van der Waals surface area contributed by atoms with E-state index in [0.29, 0.717) is 9.47 Å². The summed E-state index contributed by atoms with van der Waals surface area (Å²) >= 11 is 11.5. The van der Waals surface area contributed by atoms with Gasteiger partial charge in [0.2, 0.25) is 14.8 Å². The highest BCUT2D eigenvalue weighted by Gasteiger charge is 1.96. The van der Waals surface area contributed by atoms with Crippen LogP contribution in [0.1, 0.15) is 0 Å². The predicted octanol–water partition coefficient (Wildman–Crippen LogP) is 2.05. The molecule has 1 rings (SSSR count). The van der Waals surface area contributed by atoms with Crippen molar-refractivity contribution in [2.24, 2.45) is 0 Å². The molecule has 1 aromatic heterocycles. The second-order valence-corrected chi connectivity index (χ2v) is 2.90. The van der Waals surface area contributed by atoms with Crippen LogP contribution in [0.15, 0.2) is 9.47 Å². The van der Waals surface area contributed by atoms with Crippen LogP contribution in [-0.2, 0) is 0 Å². The average molecular weight is 273 g/mol. The summed E-state index contributed by atoms with van der Waals surface area (Å²) in [5, 5.41) is 0.170. The zero-order valence-corrected chi connectivity index (χ0v) is 7.90. The van der Waals surface area contributed by atoms with E-state index in [2.05, 4.69) is 46.8 Å². The van der Waals surface area contributed by atoms with E-state index in [1.54, 1.807) is 0 Å². The Balaban J connectivity index is 3.17. The maximum absolute atomic E-state index is 5.43. The van der Waals surface area contributed by atoms with E-state index in [1.807, 2.05) is 0 Å². The standard InChI is InChI=1S/C3Br2ClN3/c4-1-7-2(5)9-3(6)8-1.